The van der Waals surface area contributed by atoms with Gasteiger partial charge in [-0.3, -0.25) is 4.90 Å². The van der Waals surface area contributed by atoms with Gasteiger partial charge >= 0.3 is 5.97 Å². The number of rotatable bonds is 8. The molecule has 0 aliphatic carbocycles. The summed E-state index contributed by atoms with van der Waals surface area (Å²) in [6.45, 7) is 5.82. The Kier molecular flexibility index (Phi) is 7.54. The van der Waals surface area contributed by atoms with Crippen molar-refractivity contribution in [1.82, 2.24) is 9.88 Å². The second kappa shape index (κ2) is 10.3. The second-order valence-corrected chi connectivity index (χ2v) is 10.5. The molecule has 2 heterocycles. The lowest BCUT2D eigenvalue weighted by molar-refractivity contribution is 0.00791. The van der Waals surface area contributed by atoms with Crippen molar-refractivity contribution in [2.45, 2.75) is 38.4 Å². The molecule has 2 atom stereocenters. The van der Waals surface area contributed by atoms with Crippen molar-refractivity contribution in [2.75, 3.05) is 19.7 Å². The number of halogens is 4. The van der Waals surface area contributed by atoms with E-state index in [0.29, 0.717) is 28.7 Å². The van der Waals surface area contributed by atoms with Crippen LogP contribution in [-0.4, -0.2) is 41.2 Å². The van der Waals surface area contributed by atoms with Crippen molar-refractivity contribution in [3.63, 3.8) is 0 Å². The number of hydrogen-bond donors (Lipinski definition) is 0. The van der Waals surface area contributed by atoms with E-state index in [9.17, 15) is 13.6 Å². The zero-order valence-corrected chi connectivity index (χ0v) is 21.2. The number of alkyl halides is 1. The molecular formula is C26H26ClF3N2O2S. The highest BCUT2D eigenvalue weighted by molar-refractivity contribution is 7.10. The Morgan fingerprint density at radius 3 is 2.37 bits per heavy atom. The monoisotopic (exact) mass is 522 g/mol. The molecule has 1 aliphatic rings. The first-order valence-electron chi connectivity index (χ1n) is 11.3. The maximum Gasteiger partial charge on any atom is 0.357 e. The van der Waals surface area contributed by atoms with Crippen molar-refractivity contribution in [3.8, 4) is 0 Å². The standard InChI is InChI=1S/C26H26ClF3N2O2S/c1-4-34-25(33)21-14-35-24(31-21)23(15-5-7-18(27)8-6-15)32-12-17(13-32)22(26(2,3)30)16-9-19(28)11-20(29)10-16/h5-11,14,17,22-23H,4,12-13H2,1-3H3/t22-,23-/m1/s1. The van der Waals surface area contributed by atoms with Crippen LogP contribution in [0.4, 0.5) is 13.2 Å². The summed E-state index contributed by atoms with van der Waals surface area (Å²) in [6.07, 6.45) is 0. The number of likely N-dealkylation sites (tertiary alicyclic amines) is 1. The minimum absolute atomic E-state index is 0.171. The van der Waals surface area contributed by atoms with E-state index in [0.717, 1.165) is 11.6 Å². The Labute approximate surface area is 211 Å². The number of ether oxygens (including phenoxy) is 1. The Morgan fingerprint density at radius 1 is 1.17 bits per heavy atom. The molecule has 186 valence electrons. The summed E-state index contributed by atoms with van der Waals surface area (Å²) in [4.78, 5) is 18.8. The van der Waals surface area contributed by atoms with E-state index >= 15 is 4.39 Å². The first-order chi connectivity index (χ1) is 16.6. The summed E-state index contributed by atoms with van der Waals surface area (Å²) in [7, 11) is 0. The molecule has 0 N–H and O–H groups in total. The lowest BCUT2D eigenvalue weighted by Crippen LogP contribution is -2.53. The number of hydrogen-bond acceptors (Lipinski definition) is 5. The van der Waals surface area contributed by atoms with Crippen LogP contribution in [0.1, 0.15) is 59.4 Å². The van der Waals surface area contributed by atoms with Crippen molar-refractivity contribution >= 4 is 28.9 Å². The Balaban J connectivity index is 1.63. The fourth-order valence-corrected chi connectivity index (χ4v) is 5.89. The summed E-state index contributed by atoms with van der Waals surface area (Å²) in [6, 6.07) is 10.3. The van der Waals surface area contributed by atoms with Gasteiger partial charge in [-0.25, -0.2) is 22.9 Å². The zero-order valence-electron chi connectivity index (χ0n) is 19.6. The molecule has 0 bridgehead atoms. The predicted molar refractivity (Wildman–Crippen MR) is 131 cm³/mol. The molecule has 1 aromatic heterocycles. The number of carbonyl (C=O) groups excluding carboxylic acids is 1. The van der Waals surface area contributed by atoms with E-state index in [1.165, 1.54) is 37.3 Å². The number of carbonyl (C=O) groups is 1. The molecule has 3 aromatic rings. The molecule has 0 unspecified atom stereocenters. The van der Waals surface area contributed by atoms with E-state index in [4.69, 9.17) is 16.3 Å². The molecule has 4 nitrogen and oxygen atoms in total. The Morgan fingerprint density at radius 2 is 1.80 bits per heavy atom. The minimum atomic E-state index is -1.69. The fourth-order valence-electron chi connectivity index (χ4n) is 4.82. The van der Waals surface area contributed by atoms with E-state index < -0.39 is 29.2 Å². The molecular weight excluding hydrogens is 497 g/mol. The summed E-state index contributed by atoms with van der Waals surface area (Å²) < 4.78 is 48.3. The van der Waals surface area contributed by atoms with Gasteiger partial charge in [0, 0.05) is 35.5 Å². The predicted octanol–water partition coefficient (Wildman–Crippen LogP) is 6.80. The molecule has 0 saturated carbocycles. The maximum atomic E-state index is 15.3. The number of aromatic nitrogens is 1. The van der Waals surface area contributed by atoms with Crippen LogP contribution in [-0.2, 0) is 4.74 Å². The van der Waals surface area contributed by atoms with Gasteiger partial charge in [0.05, 0.1) is 12.6 Å². The molecule has 1 aliphatic heterocycles. The van der Waals surface area contributed by atoms with E-state index in [1.807, 2.05) is 12.1 Å². The van der Waals surface area contributed by atoms with Gasteiger partial charge in [-0.2, -0.15) is 0 Å². The summed E-state index contributed by atoms with van der Waals surface area (Å²) in [5, 5.41) is 2.95. The number of thiazole rings is 1. The Hall–Kier alpha value is -2.42. The average Bonchev–Trinajstić information content (AvgIpc) is 3.22. The lowest BCUT2D eigenvalue weighted by atomic mass is 9.72. The lowest BCUT2D eigenvalue weighted by Gasteiger charge is -2.49. The van der Waals surface area contributed by atoms with Crippen LogP contribution in [0.25, 0.3) is 0 Å². The van der Waals surface area contributed by atoms with Crippen molar-refractivity contribution in [3.05, 3.63) is 86.3 Å². The normalized spacial score (nSPS) is 16.5. The van der Waals surface area contributed by atoms with Gasteiger partial charge in [-0.1, -0.05) is 23.7 Å². The molecule has 1 fully saturated rings. The average molecular weight is 523 g/mol. The summed E-state index contributed by atoms with van der Waals surface area (Å²) >= 11 is 7.43. The first-order valence-corrected chi connectivity index (χ1v) is 12.6. The van der Waals surface area contributed by atoms with Crippen molar-refractivity contribution < 1.29 is 22.7 Å². The van der Waals surface area contributed by atoms with Gasteiger partial charge in [0.2, 0.25) is 0 Å². The van der Waals surface area contributed by atoms with Crippen LogP contribution in [0, 0.1) is 17.6 Å². The fraction of sp³-hybridized carbons (Fsp3) is 0.385. The molecule has 0 spiro atoms. The smallest absolute Gasteiger partial charge is 0.357 e. The van der Waals surface area contributed by atoms with Crippen LogP contribution in [0.3, 0.4) is 0 Å². The number of nitrogens with zero attached hydrogens (tertiary/aromatic N) is 2. The topological polar surface area (TPSA) is 42.4 Å². The highest BCUT2D eigenvalue weighted by Crippen LogP contribution is 2.46. The first kappa shape index (κ1) is 25.7. The molecule has 0 radical (unpaired) electrons. The van der Waals surface area contributed by atoms with Crippen LogP contribution < -0.4 is 0 Å². The number of esters is 1. The SMILES string of the molecule is CCOC(=O)c1csc([C@@H](c2ccc(Cl)cc2)N2CC([C@@H](c3cc(F)cc(F)c3)C(C)(C)F)C2)n1. The van der Waals surface area contributed by atoms with Crippen molar-refractivity contribution in [1.29, 1.82) is 0 Å². The van der Waals surface area contributed by atoms with Gasteiger partial charge < -0.3 is 4.74 Å². The van der Waals surface area contributed by atoms with Crippen LogP contribution in [0.5, 0.6) is 0 Å². The van der Waals surface area contributed by atoms with Gasteiger partial charge in [-0.05, 0) is 62.1 Å². The van der Waals surface area contributed by atoms with Gasteiger partial charge in [0.1, 0.15) is 22.3 Å². The van der Waals surface area contributed by atoms with Crippen LogP contribution in [0.15, 0.2) is 47.8 Å². The molecule has 1 saturated heterocycles. The molecule has 4 rings (SSSR count). The van der Waals surface area contributed by atoms with Crippen LogP contribution in [0.2, 0.25) is 5.02 Å². The van der Waals surface area contributed by atoms with E-state index in [2.05, 4.69) is 9.88 Å². The molecule has 9 heteroatoms. The Bertz CT molecular complexity index is 1170. The molecule has 0 amide bonds. The third kappa shape index (κ3) is 5.71. The van der Waals surface area contributed by atoms with E-state index in [1.54, 1.807) is 24.4 Å². The third-order valence-electron chi connectivity index (χ3n) is 6.18. The minimum Gasteiger partial charge on any atom is -0.461 e. The van der Waals surface area contributed by atoms with Gasteiger partial charge in [0.15, 0.2) is 5.69 Å². The molecule has 2 aromatic carbocycles. The third-order valence-corrected chi connectivity index (χ3v) is 7.33. The molecule has 35 heavy (non-hydrogen) atoms. The number of benzene rings is 2. The highest BCUT2D eigenvalue weighted by atomic mass is 35.5. The van der Waals surface area contributed by atoms with Gasteiger partial charge in [0.25, 0.3) is 0 Å². The van der Waals surface area contributed by atoms with E-state index in [-0.39, 0.29) is 24.3 Å². The van der Waals surface area contributed by atoms with Crippen LogP contribution >= 0.6 is 22.9 Å². The zero-order chi connectivity index (χ0) is 25.3. The summed E-state index contributed by atoms with van der Waals surface area (Å²) in [5.74, 6) is -2.80. The quantitative estimate of drug-likeness (QED) is 0.305. The summed E-state index contributed by atoms with van der Waals surface area (Å²) in [5.41, 5.74) is -0.224. The van der Waals surface area contributed by atoms with Gasteiger partial charge in [-0.15, -0.1) is 11.3 Å². The maximum absolute atomic E-state index is 15.3. The highest BCUT2D eigenvalue weighted by Gasteiger charge is 2.46. The van der Waals surface area contributed by atoms with Crippen molar-refractivity contribution in [2.24, 2.45) is 5.92 Å². The second-order valence-electron chi connectivity index (χ2n) is 9.20. The largest absolute Gasteiger partial charge is 0.461 e.